The average Bonchev–Trinajstić information content (AvgIpc) is 4.00. The van der Waals surface area contributed by atoms with Crippen molar-refractivity contribution in [3.05, 3.63) is 202 Å². The van der Waals surface area contributed by atoms with E-state index in [1.807, 2.05) is 0 Å². The summed E-state index contributed by atoms with van der Waals surface area (Å²) in [5.74, 6) is 1.30. The predicted molar refractivity (Wildman–Crippen MR) is 244 cm³/mol. The fraction of sp³-hybridized carbons (Fsp3) is 0.107. The molecule has 3 aliphatic carbocycles. The van der Waals surface area contributed by atoms with E-state index in [9.17, 15) is 0 Å². The van der Waals surface area contributed by atoms with E-state index >= 15 is 0 Å². The van der Waals surface area contributed by atoms with Crippen molar-refractivity contribution < 1.29 is 9.15 Å². The van der Waals surface area contributed by atoms with Gasteiger partial charge in [-0.15, -0.1) is 0 Å². The van der Waals surface area contributed by atoms with Gasteiger partial charge in [0.15, 0.2) is 0 Å². The number of ether oxygens (including phenoxy) is 1. The number of aromatic amines is 1. The number of allylic oxidation sites excluding steroid dienone is 4. The van der Waals surface area contributed by atoms with Crippen LogP contribution in [0.2, 0.25) is 0 Å². The Morgan fingerprint density at radius 1 is 0.559 bits per heavy atom. The van der Waals surface area contributed by atoms with E-state index in [1.54, 1.807) is 0 Å². The molecule has 7 aromatic carbocycles. The van der Waals surface area contributed by atoms with Crippen LogP contribution in [0.5, 0.6) is 0 Å². The van der Waals surface area contributed by atoms with Crippen molar-refractivity contribution in [2.45, 2.75) is 31.8 Å². The van der Waals surface area contributed by atoms with Crippen LogP contribution in [0.1, 0.15) is 42.4 Å². The first-order valence-corrected chi connectivity index (χ1v) is 21.0. The van der Waals surface area contributed by atoms with E-state index in [0.717, 1.165) is 75.5 Å². The van der Waals surface area contributed by atoms with Gasteiger partial charge in [0.2, 0.25) is 0 Å². The molecule has 2 aromatic heterocycles. The summed E-state index contributed by atoms with van der Waals surface area (Å²) in [4.78, 5) is 3.71. The summed E-state index contributed by atoms with van der Waals surface area (Å²) in [6, 6.07) is 50.9. The smallest absolute Gasteiger partial charge is 0.143 e. The molecular formula is C56H39NO2. The summed E-state index contributed by atoms with van der Waals surface area (Å²) in [7, 11) is 0. The van der Waals surface area contributed by atoms with Crippen LogP contribution in [0.3, 0.4) is 0 Å². The van der Waals surface area contributed by atoms with Gasteiger partial charge in [0.25, 0.3) is 0 Å². The first-order chi connectivity index (χ1) is 29.2. The number of H-pyrrole nitrogens is 1. The minimum absolute atomic E-state index is 0.0377. The van der Waals surface area contributed by atoms with Crippen LogP contribution < -0.4 is 10.4 Å². The van der Waals surface area contributed by atoms with E-state index in [1.165, 1.54) is 71.0 Å². The molecule has 2 unspecified atom stereocenters. The molecule has 0 saturated carbocycles. The molecule has 280 valence electrons. The molecule has 59 heavy (non-hydrogen) atoms. The molecule has 0 spiro atoms. The molecule has 0 bridgehead atoms. The van der Waals surface area contributed by atoms with Crippen LogP contribution in [0.4, 0.5) is 0 Å². The number of benzene rings is 7. The van der Waals surface area contributed by atoms with Crippen LogP contribution in [-0.4, -0.2) is 11.1 Å². The van der Waals surface area contributed by atoms with Crippen molar-refractivity contribution >= 4 is 77.3 Å². The summed E-state index contributed by atoms with van der Waals surface area (Å²) >= 11 is 0. The monoisotopic (exact) mass is 757 g/mol. The summed E-state index contributed by atoms with van der Waals surface area (Å²) < 4.78 is 14.1. The first-order valence-electron chi connectivity index (χ1n) is 21.0. The highest BCUT2D eigenvalue weighted by atomic mass is 16.5. The highest BCUT2D eigenvalue weighted by Crippen LogP contribution is 2.50. The Hall–Kier alpha value is -7.10. The summed E-state index contributed by atoms with van der Waals surface area (Å²) in [5.41, 5.74) is 15.3. The molecule has 13 rings (SSSR count). The van der Waals surface area contributed by atoms with Crippen molar-refractivity contribution in [2.24, 2.45) is 5.92 Å². The molecule has 0 radical (unpaired) electrons. The Balaban J connectivity index is 0.893. The number of hydrogen-bond donors (Lipinski definition) is 1. The minimum Gasteiger partial charge on any atom is -0.484 e. The number of furan rings is 1. The molecule has 1 N–H and O–H groups in total. The van der Waals surface area contributed by atoms with Crippen molar-refractivity contribution in [2.75, 3.05) is 0 Å². The third-order valence-electron chi connectivity index (χ3n) is 13.4. The summed E-state index contributed by atoms with van der Waals surface area (Å²) in [6.45, 7) is 0. The van der Waals surface area contributed by atoms with Gasteiger partial charge in [-0.1, -0.05) is 146 Å². The second kappa shape index (κ2) is 12.7. The zero-order chi connectivity index (χ0) is 38.6. The van der Waals surface area contributed by atoms with Crippen LogP contribution in [-0.2, 0) is 4.74 Å². The largest absolute Gasteiger partial charge is 0.484 e. The molecule has 3 nitrogen and oxygen atoms in total. The molecule has 0 saturated heterocycles. The zero-order valence-corrected chi connectivity index (χ0v) is 32.5. The summed E-state index contributed by atoms with van der Waals surface area (Å²) in [6.07, 6.45) is 15.6. The molecule has 3 heterocycles. The molecule has 4 aliphatic rings. The topological polar surface area (TPSA) is 38.2 Å². The maximum absolute atomic E-state index is 7.11. The normalized spacial score (nSPS) is 18.5. The number of rotatable bonds is 4. The molecule has 1 aliphatic heterocycles. The van der Waals surface area contributed by atoms with Crippen molar-refractivity contribution in [3.8, 4) is 11.1 Å². The maximum Gasteiger partial charge on any atom is 0.143 e. The van der Waals surface area contributed by atoms with Gasteiger partial charge in [-0.05, 0) is 99.0 Å². The predicted octanol–water partition coefficient (Wildman–Crippen LogP) is 12.9. The summed E-state index contributed by atoms with van der Waals surface area (Å²) in [5, 5.41) is 9.87. The Labute approximate surface area is 341 Å². The van der Waals surface area contributed by atoms with Crippen LogP contribution in [0.15, 0.2) is 180 Å². The van der Waals surface area contributed by atoms with Crippen LogP contribution >= 0.6 is 0 Å². The van der Waals surface area contributed by atoms with Gasteiger partial charge in [-0.25, -0.2) is 0 Å². The van der Waals surface area contributed by atoms with E-state index in [4.69, 9.17) is 9.15 Å². The van der Waals surface area contributed by atoms with Gasteiger partial charge in [0.05, 0.1) is 0 Å². The minimum atomic E-state index is -0.0377. The fourth-order valence-electron chi connectivity index (χ4n) is 10.7. The second-order valence-electron chi connectivity index (χ2n) is 16.5. The third-order valence-corrected chi connectivity index (χ3v) is 13.4. The molecular weight excluding hydrogens is 719 g/mol. The maximum atomic E-state index is 7.11. The molecule has 9 aromatic rings. The lowest BCUT2D eigenvalue weighted by Gasteiger charge is -2.25. The molecule has 2 atom stereocenters. The van der Waals surface area contributed by atoms with Gasteiger partial charge in [0.1, 0.15) is 23.0 Å². The number of fused-ring (bicyclic) bond motifs is 10. The van der Waals surface area contributed by atoms with Gasteiger partial charge < -0.3 is 14.1 Å². The van der Waals surface area contributed by atoms with Crippen molar-refractivity contribution in [1.82, 2.24) is 4.98 Å². The number of aromatic nitrogens is 1. The van der Waals surface area contributed by atoms with Gasteiger partial charge >= 0.3 is 0 Å². The average molecular weight is 758 g/mol. The number of para-hydroxylation sites is 2. The number of hydrogen-bond acceptors (Lipinski definition) is 2. The quantitative estimate of drug-likeness (QED) is 0.194. The Morgan fingerprint density at radius 2 is 1.25 bits per heavy atom. The zero-order valence-electron chi connectivity index (χ0n) is 32.5. The van der Waals surface area contributed by atoms with Gasteiger partial charge in [-0.3, -0.25) is 0 Å². The van der Waals surface area contributed by atoms with Crippen LogP contribution in [0, 0.1) is 5.92 Å². The Bertz CT molecular complexity index is 3540. The van der Waals surface area contributed by atoms with E-state index < -0.39 is 0 Å². The first kappa shape index (κ1) is 32.9. The third kappa shape index (κ3) is 4.94. The van der Waals surface area contributed by atoms with Crippen molar-refractivity contribution in [3.63, 3.8) is 0 Å². The van der Waals surface area contributed by atoms with Crippen molar-refractivity contribution in [1.29, 1.82) is 0 Å². The highest BCUT2D eigenvalue weighted by molar-refractivity contribution is 6.14. The second-order valence-corrected chi connectivity index (χ2v) is 16.5. The lowest BCUT2D eigenvalue weighted by atomic mass is 9.79. The molecule has 3 heteroatoms. The SMILES string of the molecule is C1=CC2C3=C(OC2C(c2cccc4ccccc24)=C1)C(c1ccc2[nH]c4ccc(-c5cccc6c5oc5c(C7=c8ccccc8=CCC7)cccc56)cc4c2c1)=CCC3. The van der Waals surface area contributed by atoms with E-state index in [2.05, 4.69) is 175 Å². The Kier molecular flexibility index (Phi) is 7.09. The lowest BCUT2D eigenvalue weighted by molar-refractivity contribution is 0.184. The van der Waals surface area contributed by atoms with E-state index in [0.29, 0.717) is 0 Å². The fourth-order valence-corrected chi connectivity index (χ4v) is 10.7. The standard InChI is InChI=1S/C56H39NO2/c1-3-15-37-33(11-1)13-5-19-41(37)43-21-9-25-47-45-23-7-17-39(53(45)58-55(43)47)35-27-29-51-49(31-35)50-32-36(28-30-52(50)57-51)40-18-8-24-46-48-26-10-22-44(56(48)59-54(40)46)42-20-6-14-34-12-2-4-16-38(34)42/h1-5,8-19,21-22,24-32,47,55,57H,6-7,20,23H2. The lowest BCUT2D eigenvalue weighted by Crippen LogP contribution is -2.29. The highest BCUT2D eigenvalue weighted by Gasteiger charge is 2.41. The number of nitrogens with one attached hydrogen (secondary N) is 1. The van der Waals surface area contributed by atoms with Gasteiger partial charge in [0, 0.05) is 60.8 Å². The van der Waals surface area contributed by atoms with Crippen LogP contribution in [0.25, 0.3) is 88.4 Å². The molecule has 0 amide bonds. The molecule has 0 fully saturated rings. The van der Waals surface area contributed by atoms with E-state index in [-0.39, 0.29) is 12.0 Å². The Morgan fingerprint density at radius 3 is 2.15 bits per heavy atom. The van der Waals surface area contributed by atoms with Gasteiger partial charge in [-0.2, -0.15) is 0 Å².